The van der Waals surface area contributed by atoms with E-state index < -0.39 is 0 Å². The molecule has 1 aliphatic rings. The van der Waals surface area contributed by atoms with Gasteiger partial charge in [-0.25, -0.2) is 0 Å². The summed E-state index contributed by atoms with van der Waals surface area (Å²) in [5, 5.41) is 0. The summed E-state index contributed by atoms with van der Waals surface area (Å²) >= 11 is 0. The van der Waals surface area contributed by atoms with Crippen molar-refractivity contribution in [1.82, 2.24) is 4.90 Å². The molecule has 12 heavy (non-hydrogen) atoms. The molecule has 0 bridgehead atoms. The molecule has 2 N–H and O–H groups in total. The lowest BCUT2D eigenvalue weighted by Gasteiger charge is -2.25. The monoisotopic (exact) mass is 164 g/mol. The van der Waals surface area contributed by atoms with E-state index in [0.29, 0.717) is 11.7 Å². The minimum Gasteiger partial charge on any atom is -0.399 e. The molecule has 0 radical (unpaired) electrons. The van der Waals surface area contributed by atoms with Crippen LogP contribution >= 0.6 is 0 Å². The van der Waals surface area contributed by atoms with Crippen molar-refractivity contribution in [3.8, 4) is 0 Å². The Labute approximate surface area is 74.0 Å². The molecular weight excluding hydrogens is 148 g/mol. The van der Waals surface area contributed by atoms with E-state index in [1.165, 1.54) is 0 Å². The third-order valence-corrected chi connectivity index (χ3v) is 1.93. The van der Waals surface area contributed by atoms with Crippen molar-refractivity contribution >= 4 is 0 Å². The van der Waals surface area contributed by atoms with Gasteiger partial charge in [0.15, 0.2) is 0 Å². The highest BCUT2D eigenvalue weighted by atomic mass is 15.1. The number of nitrogens with two attached hydrogens (primary N) is 1. The van der Waals surface area contributed by atoms with Gasteiger partial charge in [-0.2, -0.15) is 0 Å². The smallest absolute Gasteiger partial charge is 0.0291 e. The molecule has 0 spiro atoms. The summed E-state index contributed by atoms with van der Waals surface area (Å²) in [6.45, 7) is 8.01. The molecule has 0 saturated heterocycles. The molecular formula is C10H16N2. The van der Waals surface area contributed by atoms with Gasteiger partial charge in [-0.15, -0.1) is 0 Å². The van der Waals surface area contributed by atoms with Crippen LogP contribution in [0.4, 0.5) is 0 Å². The number of hydrogen-bond acceptors (Lipinski definition) is 2. The van der Waals surface area contributed by atoms with Crippen molar-refractivity contribution < 1.29 is 0 Å². The topological polar surface area (TPSA) is 29.3 Å². The Kier molecular flexibility index (Phi) is 2.58. The number of hydrogen-bond donors (Lipinski definition) is 1. The highest BCUT2D eigenvalue weighted by Gasteiger charge is 2.08. The maximum Gasteiger partial charge on any atom is 0.0291 e. The highest BCUT2D eigenvalue weighted by Crippen LogP contribution is 2.17. The maximum absolute atomic E-state index is 5.61. The second-order valence-electron chi connectivity index (χ2n) is 3.31. The third-order valence-electron chi connectivity index (χ3n) is 1.93. The van der Waals surface area contributed by atoms with Crippen molar-refractivity contribution in [2.75, 3.05) is 0 Å². The van der Waals surface area contributed by atoms with Crippen LogP contribution < -0.4 is 5.73 Å². The van der Waals surface area contributed by atoms with E-state index in [-0.39, 0.29) is 0 Å². The fraction of sp³-hybridized carbons (Fsp3) is 0.400. The maximum atomic E-state index is 5.61. The lowest BCUT2D eigenvalue weighted by atomic mass is 10.1. The molecule has 0 fully saturated rings. The number of nitrogens with zero attached hydrogens (tertiary/aromatic N) is 1. The van der Waals surface area contributed by atoms with E-state index in [2.05, 4.69) is 43.8 Å². The zero-order valence-corrected chi connectivity index (χ0v) is 7.75. The first-order valence-corrected chi connectivity index (χ1v) is 4.21. The van der Waals surface area contributed by atoms with Crippen LogP contribution in [0.5, 0.6) is 0 Å². The zero-order chi connectivity index (χ0) is 9.14. The van der Waals surface area contributed by atoms with Gasteiger partial charge in [-0.05, 0) is 25.8 Å². The van der Waals surface area contributed by atoms with Crippen molar-refractivity contribution in [3.63, 3.8) is 0 Å². The van der Waals surface area contributed by atoms with E-state index in [1.54, 1.807) is 0 Å². The van der Waals surface area contributed by atoms with E-state index >= 15 is 0 Å². The number of rotatable bonds is 2. The van der Waals surface area contributed by atoms with Crippen LogP contribution in [0.25, 0.3) is 0 Å². The molecule has 0 unspecified atom stereocenters. The van der Waals surface area contributed by atoms with Gasteiger partial charge in [0.05, 0.1) is 0 Å². The standard InChI is InChI=1S/C10H16N2/c1-8(2)12-6-4-5-10(7-12)9(3)11/h4,6-8H,3,5,11H2,1-2H3. The van der Waals surface area contributed by atoms with Crippen LogP contribution in [-0.2, 0) is 0 Å². The molecule has 0 atom stereocenters. The van der Waals surface area contributed by atoms with E-state index in [1.807, 2.05) is 0 Å². The van der Waals surface area contributed by atoms with Crippen molar-refractivity contribution in [2.24, 2.45) is 5.73 Å². The van der Waals surface area contributed by atoms with Crippen LogP contribution in [0.2, 0.25) is 0 Å². The molecule has 66 valence electrons. The Morgan fingerprint density at radius 3 is 2.83 bits per heavy atom. The lowest BCUT2D eigenvalue weighted by Crippen LogP contribution is -2.22. The van der Waals surface area contributed by atoms with Crippen molar-refractivity contribution in [1.29, 1.82) is 0 Å². The molecule has 1 rings (SSSR count). The Hall–Kier alpha value is -1.18. The fourth-order valence-corrected chi connectivity index (χ4v) is 1.11. The number of allylic oxidation sites excluding steroid dienone is 2. The van der Waals surface area contributed by atoms with E-state index in [9.17, 15) is 0 Å². The quantitative estimate of drug-likeness (QED) is 0.676. The van der Waals surface area contributed by atoms with Gasteiger partial charge >= 0.3 is 0 Å². The van der Waals surface area contributed by atoms with E-state index in [4.69, 9.17) is 5.73 Å². The van der Waals surface area contributed by atoms with E-state index in [0.717, 1.165) is 12.0 Å². The predicted molar refractivity (Wildman–Crippen MR) is 52.1 cm³/mol. The molecule has 1 aliphatic heterocycles. The van der Waals surface area contributed by atoms with Crippen LogP contribution in [-0.4, -0.2) is 10.9 Å². The Balaban J connectivity index is 2.74. The summed E-state index contributed by atoms with van der Waals surface area (Å²) in [4.78, 5) is 2.14. The first kappa shape index (κ1) is 8.91. The molecule has 0 saturated carbocycles. The minimum absolute atomic E-state index is 0.482. The summed E-state index contributed by atoms with van der Waals surface area (Å²) in [7, 11) is 0. The second kappa shape index (κ2) is 3.48. The molecule has 0 aliphatic carbocycles. The summed E-state index contributed by atoms with van der Waals surface area (Å²) in [5.41, 5.74) is 7.39. The van der Waals surface area contributed by atoms with Gasteiger partial charge in [0.25, 0.3) is 0 Å². The predicted octanol–water partition coefficient (Wildman–Crippen LogP) is 1.97. The van der Waals surface area contributed by atoms with Crippen LogP contribution in [0, 0.1) is 0 Å². The first-order chi connectivity index (χ1) is 5.61. The molecule has 0 amide bonds. The SMILES string of the molecule is C=C(N)C1=CN(C(C)C)C=CC1. The van der Waals surface area contributed by atoms with Gasteiger partial charge in [0, 0.05) is 24.1 Å². The van der Waals surface area contributed by atoms with Crippen molar-refractivity contribution in [3.05, 3.63) is 36.3 Å². The first-order valence-electron chi connectivity index (χ1n) is 4.21. The molecule has 2 nitrogen and oxygen atoms in total. The summed E-state index contributed by atoms with van der Waals surface area (Å²) in [6, 6.07) is 0.482. The largest absolute Gasteiger partial charge is 0.399 e. The molecule has 0 aromatic rings. The Morgan fingerprint density at radius 1 is 1.67 bits per heavy atom. The third kappa shape index (κ3) is 1.91. The van der Waals surface area contributed by atoms with Crippen LogP contribution in [0.15, 0.2) is 36.3 Å². The normalized spacial score (nSPS) is 16.6. The minimum atomic E-state index is 0.482. The average molecular weight is 164 g/mol. The van der Waals surface area contributed by atoms with Gasteiger partial charge in [-0.1, -0.05) is 12.7 Å². The average Bonchev–Trinajstić information content (AvgIpc) is 2.04. The fourth-order valence-electron chi connectivity index (χ4n) is 1.11. The second-order valence-corrected chi connectivity index (χ2v) is 3.31. The highest BCUT2D eigenvalue weighted by molar-refractivity contribution is 5.30. The van der Waals surface area contributed by atoms with Crippen molar-refractivity contribution in [2.45, 2.75) is 26.3 Å². The molecule has 0 aromatic heterocycles. The molecule has 0 aromatic carbocycles. The zero-order valence-electron chi connectivity index (χ0n) is 7.75. The van der Waals surface area contributed by atoms with Gasteiger partial charge in [0.1, 0.15) is 0 Å². The summed E-state index contributed by atoms with van der Waals surface area (Å²) < 4.78 is 0. The Bertz CT molecular complexity index is 236. The van der Waals surface area contributed by atoms with Gasteiger partial charge in [-0.3, -0.25) is 0 Å². The van der Waals surface area contributed by atoms with Gasteiger partial charge in [0.2, 0.25) is 0 Å². The summed E-state index contributed by atoms with van der Waals surface area (Å²) in [6.07, 6.45) is 7.15. The molecule has 1 heterocycles. The Morgan fingerprint density at radius 2 is 2.33 bits per heavy atom. The van der Waals surface area contributed by atoms with Gasteiger partial charge < -0.3 is 10.6 Å². The van der Waals surface area contributed by atoms with Crippen LogP contribution in [0.1, 0.15) is 20.3 Å². The molecule has 2 heteroatoms. The summed E-state index contributed by atoms with van der Waals surface area (Å²) in [5.74, 6) is 0. The lowest BCUT2D eigenvalue weighted by molar-refractivity contribution is 0.408. The van der Waals surface area contributed by atoms with Crippen LogP contribution in [0.3, 0.4) is 0 Å².